The van der Waals surface area contributed by atoms with Crippen LogP contribution in [0.2, 0.25) is 0 Å². The predicted octanol–water partition coefficient (Wildman–Crippen LogP) is 4.02. The van der Waals surface area contributed by atoms with Crippen LogP contribution in [0.4, 0.5) is 0 Å². The SMILES string of the molecule is CC.CCC/C=C\C(C)C. The molecule has 0 aromatic carbocycles. The van der Waals surface area contributed by atoms with Crippen molar-refractivity contribution < 1.29 is 0 Å². The van der Waals surface area contributed by atoms with E-state index in [9.17, 15) is 0 Å². The molecule has 0 aliphatic rings. The molecule has 0 aromatic rings. The van der Waals surface area contributed by atoms with Crippen LogP contribution in [0.5, 0.6) is 0 Å². The molecule has 62 valence electrons. The Morgan fingerprint density at radius 1 is 1.20 bits per heavy atom. The molecular weight excluding hydrogens is 120 g/mol. The highest BCUT2D eigenvalue weighted by Crippen LogP contribution is 1.96. The van der Waals surface area contributed by atoms with E-state index in [4.69, 9.17) is 0 Å². The van der Waals surface area contributed by atoms with Gasteiger partial charge in [-0.25, -0.2) is 0 Å². The molecule has 0 amide bonds. The summed E-state index contributed by atoms with van der Waals surface area (Å²) in [5.41, 5.74) is 0. The van der Waals surface area contributed by atoms with Crippen LogP contribution in [0.1, 0.15) is 47.5 Å². The largest absolute Gasteiger partial charge is 0.0883 e. The van der Waals surface area contributed by atoms with Gasteiger partial charge in [0.25, 0.3) is 0 Å². The van der Waals surface area contributed by atoms with E-state index in [0.29, 0.717) is 0 Å². The van der Waals surface area contributed by atoms with Gasteiger partial charge in [0.1, 0.15) is 0 Å². The number of unbranched alkanes of at least 4 members (excludes halogenated alkanes) is 1. The molecule has 0 atom stereocenters. The molecule has 10 heavy (non-hydrogen) atoms. The monoisotopic (exact) mass is 142 g/mol. The van der Waals surface area contributed by atoms with Gasteiger partial charge in [-0.1, -0.05) is 53.2 Å². The Balaban J connectivity index is 0. The van der Waals surface area contributed by atoms with E-state index in [0.717, 1.165) is 5.92 Å². The first-order valence-electron chi connectivity index (χ1n) is 4.44. The van der Waals surface area contributed by atoms with Crippen LogP contribution in [-0.2, 0) is 0 Å². The molecule has 0 saturated heterocycles. The van der Waals surface area contributed by atoms with Crippen LogP contribution in [0.3, 0.4) is 0 Å². The highest BCUT2D eigenvalue weighted by Gasteiger charge is 1.80. The molecule has 0 nitrogen and oxygen atoms in total. The minimum absolute atomic E-state index is 0.724. The number of hydrogen-bond acceptors (Lipinski definition) is 0. The van der Waals surface area contributed by atoms with E-state index in [-0.39, 0.29) is 0 Å². The second-order valence-corrected chi connectivity index (χ2v) is 2.46. The minimum Gasteiger partial charge on any atom is -0.0883 e. The van der Waals surface area contributed by atoms with Crippen molar-refractivity contribution in [3.05, 3.63) is 12.2 Å². The zero-order valence-electron chi connectivity index (χ0n) is 8.15. The molecule has 0 heterocycles. The van der Waals surface area contributed by atoms with Crippen LogP contribution in [0, 0.1) is 5.92 Å². The Kier molecular flexibility index (Phi) is 14.3. The maximum absolute atomic E-state index is 2.25. The summed E-state index contributed by atoms with van der Waals surface area (Å²) in [6, 6.07) is 0. The summed E-state index contributed by atoms with van der Waals surface area (Å²) in [7, 11) is 0. The van der Waals surface area contributed by atoms with Gasteiger partial charge in [-0.05, 0) is 12.3 Å². The van der Waals surface area contributed by atoms with Crippen molar-refractivity contribution in [2.75, 3.05) is 0 Å². The van der Waals surface area contributed by atoms with Gasteiger partial charge < -0.3 is 0 Å². The Bertz CT molecular complexity index is 60.4. The van der Waals surface area contributed by atoms with Gasteiger partial charge in [-0.2, -0.15) is 0 Å². The molecular formula is C10H22. The van der Waals surface area contributed by atoms with E-state index in [2.05, 4.69) is 32.9 Å². The van der Waals surface area contributed by atoms with Crippen molar-refractivity contribution in [3.63, 3.8) is 0 Å². The third-order valence-electron chi connectivity index (χ3n) is 0.976. The van der Waals surface area contributed by atoms with Crippen LogP contribution >= 0.6 is 0 Å². The number of hydrogen-bond donors (Lipinski definition) is 0. The quantitative estimate of drug-likeness (QED) is 0.522. The fourth-order valence-corrected chi connectivity index (χ4v) is 0.535. The minimum atomic E-state index is 0.724. The highest BCUT2D eigenvalue weighted by molar-refractivity contribution is 4.83. The second kappa shape index (κ2) is 11.5. The van der Waals surface area contributed by atoms with Gasteiger partial charge in [0, 0.05) is 0 Å². The third kappa shape index (κ3) is 15.6. The van der Waals surface area contributed by atoms with E-state index in [1.807, 2.05) is 13.8 Å². The fraction of sp³-hybridized carbons (Fsp3) is 0.800. The average Bonchev–Trinajstić information content (AvgIpc) is 1.92. The maximum Gasteiger partial charge on any atom is -0.0290 e. The molecule has 0 radical (unpaired) electrons. The summed E-state index contributed by atoms with van der Waals surface area (Å²) in [5.74, 6) is 0.724. The summed E-state index contributed by atoms with van der Waals surface area (Å²) in [6.45, 7) is 10.6. The van der Waals surface area contributed by atoms with Crippen molar-refractivity contribution in [2.45, 2.75) is 47.5 Å². The lowest BCUT2D eigenvalue weighted by atomic mass is 10.2. The van der Waals surface area contributed by atoms with Gasteiger partial charge in [0.2, 0.25) is 0 Å². The van der Waals surface area contributed by atoms with Crippen molar-refractivity contribution in [1.29, 1.82) is 0 Å². The Labute approximate surface area is 66.3 Å². The zero-order chi connectivity index (χ0) is 8.41. The molecule has 0 aliphatic heterocycles. The molecule has 0 aliphatic carbocycles. The van der Waals surface area contributed by atoms with E-state index in [1.54, 1.807) is 0 Å². The Morgan fingerprint density at radius 3 is 2.00 bits per heavy atom. The fourth-order valence-electron chi connectivity index (χ4n) is 0.535. The summed E-state index contributed by atoms with van der Waals surface area (Å²) >= 11 is 0. The van der Waals surface area contributed by atoms with Gasteiger partial charge >= 0.3 is 0 Å². The van der Waals surface area contributed by atoms with Gasteiger partial charge in [0.15, 0.2) is 0 Å². The lowest BCUT2D eigenvalue weighted by molar-refractivity contribution is 0.819. The summed E-state index contributed by atoms with van der Waals surface area (Å²) in [5, 5.41) is 0. The lowest BCUT2D eigenvalue weighted by Gasteiger charge is -1.90. The Morgan fingerprint density at radius 2 is 1.70 bits per heavy atom. The second-order valence-electron chi connectivity index (χ2n) is 2.46. The van der Waals surface area contributed by atoms with Crippen LogP contribution in [-0.4, -0.2) is 0 Å². The molecule has 0 N–H and O–H groups in total. The first-order chi connectivity index (χ1) is 4.77. The maximum atomic E-state index is 2.25. The van der Waals surface area contributed by atoms with Gasteiger partial charge in [0.05, 0.1) is 0 Å². The summed E-state index contributed by atoms with van der Waals surface area (Å²) < 4.78 is 0. The molecule has 0 bridgehead atoms. The highest BCUT2D eigenvalue weighted by atomic mass is 13.9. The molecule has 0 fully saturated rings. The molecule has 0 aromatic heterocycles. The van der Waals surface area contributed by atoms with Crippen LogP contribution in [0.25, 0.3) is 0 Å². The van der Waals surface area contributed by atoms with Crippen molar-refractivity contribution in [1.82, 2.24) is 0 Å². The average molecular weight is 142 g/mol. The first-order valence-corrected chi connectivity index (χ1v) is 4.44. The Hall–Kier alpha value is -0.260. The van der Waals surface area contributed by atoms with Gasteiger partial charge in [-0.3, -0.25) is 0 Å². The summed E-state index contributed by atoms with van der Waals surface area (Å²) in [4.78, 5) is 0. The topological polar surface area (TPSA) is 0 Å². The van der Waals surface area contributed by atoms with Gasteiger partial charge in [-0.15, -0.1) is 0 Å². The number of rotatable bonds is 3. The van der Waals surface area contributed by atoms with E-state index >= 15 is 0 Å². The summed E-state index contributed by atoms with van der Waals surface area (Å²) in [6.07, 6.45) is 7.01. The smallest absolute Gasteiger partial charge is 0.0290 e. The van der Waals surface area contributed by atoms with Crippen molar-refractivity contribution in [2.24, 2.45) is 5.92 Å². The molecule has 0 rings (SSSR count). The molecule has 0 spiro atoms. The predicted molar refractivity (Wildman–Crippen MR) is 50.2 cm³/mol. The van der Waals surface area contributed by atoms with E-state index in [1.165, 1.54) is 12.8 Å². The van der Waals surface area contributed by atoms with E-state index < -0.39 is 0 Å². The lowest BCUT2D eigenvalue weighted by Crippen LogP contribution is -1.75. The standard InChI is InChI=1S/C8H16.C2H6/c1-4-5-6-7-8(2)3;1-2/h6-8H,4-5H2,1-3H3;1-2H3/b7-6-;. The zero-order valence-corrected chi connectivity index (χ0v) is 8.15. The molecule has 0 saturated carbocycles. The normalized spacial score (nSPS) is 9.80. The van der Waals surface area contributed by atoms with Crippen molar-refractivity contribution >= 4 is 0 Å². The van der Waals surface area contributed by atoms with Crippen LogP contribution in [0.15, 0.2) is 12.2 Å². The molecule has 0 unspecified atom stereocenters. The first kappa shape index (κ1) is 12.4. The third-order valence-corrected chi connectivity index (χ3v) is 0.976. The van der Waals surface area contributed by atoms with Crippen LogP contribution < -0.4 is 0 Å². The number of allylic oxidation sites excluding steroid dienone is 2. The molecule has 0 heteroatoms. The van der Waals surface area contributed by atoms with Crippen molar-refractivity contribution in [3.8, 4) is 0 Å².